The average molecular weight is 284 g/mol. The molecule has 0 unspecified atom stereocenters. The molecule has 0 heterocycles. The fourth-order valence-electron chi connectivity index (χ4n) is 2.36. The standard InChI is InChI=1S/C14H24N2O2S/c1-7-16(9(2)3)19(17,18)14-11(5)10(4)8-13(15)12(14)6/h8-9H,7,15H2,1-6H3. The second kappa shape index (κ2) is 5.51. The highest BCUT2D eigenvalue weighted by Crippen LogP contribution is 2.30. The molecule has 0 saturated carbocycles. The van der Waals surface area contributed by atoms with Crippen molar-refractivity contribution in [1.29, 1.82) is 0 Å². The lowest BCUT2D eigenvalue weighted by Crippen LogP contribution is -2.37. The zero-order valence-electron chi connectivity index (χ0n) is 12.6. The molecule has 0 aliphatic rings. The summed E-state index contributed by atoms with van der Waals surface area (Å²) in [5.74, 6) is 0. The number of anilines is 1. The molecule has 0 fully saturated rings. The Balaban J connectivity index is 3.62. The van der Waals surface area contributed by atoms with E-state index in [0.717, 1.165) is 11.1 Å². The number of nitrogens with two attached hydrogens (primary N) is 1. The van der Waals surface area contributed by atoms with Crippen molar-refractivity contribution < 1.29 is 8.42 Å². The summed E-state index contributed by atoms with van der Waals surface area (Å²) >= 11 is 0. The van der Waals surface area contributed by atoms with E-state index in [9.17, 15) is 8.42 Å². The fraction of sp³-hybridized carbons (Fsp3) is 0.571. The van der Waals surface area contributed by atoms with Crippen LogP contribution in [0.4, 0.5) is 5.69 Å². The van der Waals surface area contributed by atoms with Gasteiger partial charge < -0.3 is 5.73 Å². The largest absolute Gasteiger partial charge is 0.398 e. The molecule has 0 aromatic heterocycles. The van der Waals surface area contributed by atoms with Crippen LogP contribution in [0.5, 0.6) is 0 Å². The minimum absolute atomic E-state index is 0.0736. The van der Waals surface area contributed by atoms with Crippen LogP contribution < -0.4 is 5.73 Å². The Labute approximate surface area is 116 Å². The van der Waals surface area contributed by atoms with E-state index in [0.29, 0.717) is 22.7 Å². The molecule has 0 radical (unpaired) electrons. The third kappa shape index (κ3) is 2.77. The number of sulfonamides is 1. The Morgan fingerprint density at radius 1 is 1.21 bits per heavy atom. The summed E-state index contributed by atoms with van der Waals surface area (Å²) in [6, 6.07) is 1.76. The predicted octanol–water partition coefficient (Wildman–Crippen LogP) is 2.61. The molecule has 4 nitrogen and oxygen atoms in total. The molecule has 0 bridgehead atoms. The third-order valence-electron chi connectivity index (χ3n) is 3.53. The van der Waals surface area contributed by atoms with Crippen LogP contribution in [0, 0.1) is 20.8 Å². The van der Waals surface area contributed by atoms with Crippen molar-refractivity contribution >= 4 is 15.7 Å². The topological polar surface area (TPSA) is 63.4 Å². The van der Waals surface area contributed by atoms with Crippen LogP contribution in [-0.2, 0) is 10.0 Å². The summed E-state index contributed by atoms with van der Waals surface area (Å²) in [5.41, 5.74) is 8.78. The lowest BCUT2D eigenvalue weighted by atomic mass is 10.1. The quantitative estimate of drug-likeness (QED) is 0.864. The van der Waals surface area contributed by atoms with Crippen LogP contribution in [0.3, 0.4) is 0 Å². The van der Waals surface area contributed by atoms with Crippen LogP contribution >= 0.6 is 0 Å². The summed E-state index contributed by atoms with van der Waals surface area (Å²) in [6.07, 6.45) is 0. The molecule has 0 amide bonds. The van der Waals surface area contributed by atoms with Crippen LogP contribution in [0.25, 0.3) is 0 Å². The highest BCUT2D eigenvalue weighted by molar-refractivity contribution is 7.89. The molecule has 1 rings (SSSR count). The van der Waals surface area contributed by atoms with Gasteiger partial charge in [0.25, 0.3) is 0 Å². The molecule has 5 heteroatoms. The first kappa shape index (κ1) is 16.0. The number of aryl methyl sites for hydroxylation is 1. The van der Waals surface area contributed by atoms with Gasteiger partial charge in [0, 0.05) is 18.3 Å². The first-order chi connectivity index (χ1) is 8.64. The van der Waals surface area contributed by atoms with E-state index in [4.69, 9.17) is 5.73 Å². The second-order valence-corrected chi connectivity index (χ2v) is 6.99. The zero-order chi connectivity index (χ0) is 15.0. The summed E-state index contributed by atoms with van der Waals surface area (Å²) in [5, 5.41) is 0. The van der Waals surface area contributed by atoms with Gasteiger partial charge in [-0.25, -0.2) is 8.42 Å². The summed E-state index contributed by atoms with van der Waals surface area (Å²) < 4.78 is 27.1. The predicted molar refractivity (Wildman–Crippen MR) is 79.8 cm³/mol. The van der Waals surface area contributed by atoms with Gasteiger partial charge in [0.05, 0.1) is 4.90 Å². The third-order valence-corrected chi connectivity index (χ3v) is 5.96. The van der Waals surface area contributed by atoms with E-state index in [-0.39, 0.29) is 6.04 Å². The van der Waals surface area contributed by atoms with E-state index in [1.165, 1.54) is 4.31 Å². The van der Waals surface area contributed by atoms with Gasteiger partial charge in [-0.05, 0) is 57.4 Å². The molecule has 0 spiro atoms. The SMILES string of the molecule is CCN(C(C)C)S(=O)(=O)c1c(C)c(C)cc(N)c1C. The van der Waals surface area contributed by atoms with Gasteiger partial charge in [-0.3, -0.25) is 0 Å². The van der Waals surface area contributed by atoms with Gasteiger partial charge in [0.1, 0.15) is 0 Å². The minimum Gasteiger partial charge on any atom is -0.398 e. The highest BCUT2D eigenvalue weighted by Gasteiger charge is 2.29. The lowest BCUT2D eigenvalue weighted by molar-refractivity contribution is 0.368. The highest BCUT2D eigenvalue weighted by atomic mass is 32.2. The summed E-state index contributed by atoms with van der Waals surface area (Å²) in [6.45, 7) is 11.5. The normalized spacial score (nSPS) is 12.4. The first-order valence-electron chi connectivity index (χ1n) is 6.52. The van der Waals surface area contributed by atoms with E-state index in [1.54, 1.807) is 6.92 Å². The molecule has 0 atom stereocenters. The van der Waals surface area contributed by atoms with Crippen LogP contribution in [0.15, 0.2) is 11.0 Å². The minimum atomic E-state index is -3.50. The number of nitrogen functional groups attached to an aromatic ring is 1. The number of hydrogen-bond acceptors (Lipinski definition) is 3. The maximum absolute atomic E-state index is 12.8. The van der Waals surface area contributed by atoms with Crippen molar-refractivity contribution in [1.82, 2.24) is 4.31 Å². The van der Waals surface area contributed by atoms with Crippen molar-refractivity contribution in [3.8, 4) is 0 Å². The Morgan fingerprint density at radius 3 is 2.16 bits per heavy atom. The number of benzene rings is 1. The Morgan fingerprint density at radius 2 is 1.74 bits per heavy atom. The van der Waals surface area contributed by atoms with Crippen LogP contribution in [0.1, 0.15) is 37.5 Å². The van der Waals surface area contributed by atoms with Gasteiger partial charge in [-0.1, -0.05) is 6.92 Å². The average Bonchev–Trinajstić information content (AvgIpc) is 2.26. The Kier molecular flexibility index (Phi) is 4.63. The fourth-order valence-corrected chi connectivity index (χ4v) is 4.54. The molecule has 0 saturated heterocycles. The molecular weight excluding hydrogens is 260 g/mol. The smallest absolute Gasteiger partial charge is 0.243 e. The molecule has 19 heavy (non-hydrogen) atoms. The lowest BCUT2D eigenvalue weighted by Gasteiger charge is -2.27. The van der Waals surface area contributed by atoms with E-state index in [1.807, 2.05) is 40.7 Å². The van der Waals surface area contributed by atoms with E-state index >= 15 is 0 Å². The maximum Gasteiger partial charge on any atom is 0.243 e. The zero-order valence-corrected chi connectivity index (χ0v) is 13.4. The summed E-state index contributed by atoms with van der Waals surface area (Å²) in [7, 11) is -3.50. The van der Waals surface area contributed by atoms with Crippen LogP contribution in [0.2, 0.25) is 0 Å². The molecule has 108 valence electrons. The van der Waals surface area contributed by atoms with Crippen LogP contribution in [-0.4, -0.2) is 25.3 Å². The van der Waals surface area contributed by atoms with Crippen molar-refractivity contribution in [3.63, 3.8) is 0 Å². The monoisotopic (exact) mass is 284 g/mol. The van der Waals surface area contributed by atoms with Crippen molar-refractivity contribution in [3.05, 3.63) is 22.8 Å². The summed E-state index contributed by atoms with van der Waals surface area (Å²) in [4.78, 5) is 0.362. The molecule has 1 aromatic carbocycles. The Hall–Kier alpha value is -1.07. The van der Waals surface area contributed by atoms with Gasteiger partial charge >= 0.3 is 0 Å². The van der Waals surface area contributed by atoms with Gasteiger partial charge in [0.15, 0.2) is 0 Å². The molecule has 0 aliphatic heterocycles. The van der Waals surface area contributed by atoms with Gasteiger partial charge in [-0.15, -0.1) is 0 Å². The van der Waals surface area contributed by atoms with Gasteiger partial charge in [0.2, 0.25) is 10.0 Å². The maximum atomic E-state index is 12.8. The number of hydrogen-bond donors (Lipinski definition) is 1. The second-order valence-electron chi connectivity index (χ2n) is 5.16. The van der Waals surface area contributed by atoms with Gasteiger partial charge in [-0.2, -0.15) is 4.31 Å². The molecule has 2 N–H and O–H groups in total. The molecule has 1 aromatic rings. The number of nitrogens with zero attached hydrogens (tertiary/aromatic N) is 1. The molecular formula is C14H24N2O2S. The van der Waals surface area contributed by atoms with Crippen molar-refractivity contribution in [2.45, 2.75) is 52.5 Å². The molecule has 0 aliphatic carbocycles. The van der Waals surface area contributed by atoms with E-state index in [2.05, 4.69) is 0 Å². The van der Waals surface area contributed by atoms with Crippen molar-refractivity contribution in [2.24, 2.45) is 0 Å². The Bertz CT molecular complexity index is 551. The van der Waals surface area contributed by atoms with E-state index < -0.39 is 10.0 Å². The number of rotatable bonds is 4. The first-order valence-corrected chi connectivity index (χ1v) is 7.96. The van der Waals surface area contributed by atoms with Crippen molar-refractivity contribution in [2.75, 3.05) is 12.3 Å².